The third kappa shape index (κ3) is 4.04. The lowest BCUT2D eigenvalue weighted by Crippen LogP contribution is -2.12. The summed E-state index contributed by atoms with van der Waals surface area (Å²) in [6.45, 7) is 1.88. The highest BCUT2D eigenvalue weighted by Crippen LogP contribution is 2.15. The molecule has 1 aromatic heterocycles. The van der Waals surface area contributed by atoms with E-state index >= 15 is 0 Å². The molecule has 0 unspecified atom stereocenters. The number of alkyl halides is 1. The smallest absolute Gasteiger partial charge is 0.275 e. The van der Waals surface area contributed by atoms with Crippen LogP contribution in [0.5, 0.6) is 0 Å². The second-order valence-corrected chi connectivity index (χ2v) is 5.64. The number of thiazole rings is 1. The molecule has 0 aliphatic rings. The Morgan fingerprint density at radius 1 is 1.47 bits per heavy atom. The van der Waals surface area contributed by atoms with Gasteiger partial charge < -0.3 is 5.32 Å². The van der Waals surface area contributed by atoms with E-state index < -0.39 is 0 Å². The van der Waals surface area contributed by atoms with Crippen LogP contribution in [-0.4, -0.2) is 16.8 Å². The van der Waals surface area contributed by atoms with E-state index in [4.69, 9.17) is 11.6 Å². The average Bonchev–Trinajstić information content (AvgIpc) is 2.83. The minimum absolute atomic E-state index is 0.168. The number of hydrogen-bond donors (Lipinski definition) is 1. The fourth-order valence-corrected chi connectivity index (χ4v) is 2.46. The van der Waals surface area contributed by atoms with Gasteiger partial charge in [-0.25, -0.2) is 4.98 Å². The zero-order valence-corrected chi connectivity index (χ0v) is 12.2. The number of amides is 1. The van der Waals surface area contributed by atoms with E-state index in [0.29, 0.717) is 11.6 Å². The molecule has 0 saturated heterocycles. The normalized spacial score (nSPS) is 10.4. The molecular weight excluding hydrogens is 280 g/mol. The molecule has 0 bridgehead atoms. The minimum Gasteiger partial charge on any atom is -0.321 e. The molecule has 0 fully saturated rings. The first-order valence-electron chi connectivity index (χ1n) is 6.07. The Balaban J connectivity index is 2.04. The highest BCUT2D eigenvalue weighted by Gasteiger charge is 2.09. The molecule has 100 valence electrons. The molecule has 1 amide bonds. The molecule has 1 heterocycles. The maximum atomic E-state index is 12.0. The predicted octanol–water partition coefficient (Wildman–Crippen LogP) is 3.88. The van der Waals surface area contributed by atoms with E-state index in [2.05, 4.69) is 10.3 Å². The Morgan fingerprint density at radius 3 is 3.00 bits per heavy atom. The summed E-state index contributed by atoms with van der Waals surface area (Å²) < 4.78 is 0. The number of carbonyl (C=O) groups is 1. The Kier molecular flexibility index (Phi) is 4.93. The van der Waals surface area contributed by atoms with E-state index in [-0.39, 0.29) is 5.91 Å². The van der Waals surface area contributed by atoms with Crippen LogP contribution in [0, 0.1) is 6.92 Å². The second kappa shape index (κ2) is 6.68. The van der Waals surface area contributed by atoms with Gasteiger partial charge >= 0.3 is 0 Å². The third-order valence-electron chi connectivity index (χ3n) is 2.64. The van der Waals surface area contributed by atoms with Crippen LogP contribution < -0.4 is 5.32 Å². The van der Waals surface area contributed by atoms with Crippen molar-refractivity contribution in [2.24, 2.45) is 0 Å². The molecule has 3 nitrogen and oxygen atoms in total. The van der Waals surface area contributed by atoms with Crippen molar-refractivity contribution in [1.82, 2.24) is 4.98 Å². The maximum Gasteiger partial charge on any atom is 0.275 e. The number of aromatic nitrogens is 1. The third-order valence-corrected chi connectivity index (χ3v) is 3.68. The fraction of sp³-hybridized carbons (Fsp3) is 0.286. The zero-order chi connectivity index (χ0) is 13.7. The summed E-state index contributed by atoms with van der Waals surface area (Å²) >= 11 is 7.15. The van der Waals surface area contributed by atoms with Crippen molar-refractivity contribution in [2.45, 2.75) is 19.8 Å². The molecule has 1 N–H and O–H groups in total. The van der Waals surface area contributed by atoms with Gasteiger partial charge in [-0.05, 0) is 37.5 Å². The van der Waals surface area contributed by atoms with Crippen molar-refractivity contribution in [3.8, 4) is 0 Å². The SMILES string of the molecule is Cc1nc(C(=O)Nc2cccc(CCCCl)c2)cs1. The number of nitrogens with zero attached hydrogens (tertiary/aromatic N) is 1. The van der Waals surface area contributed by atoms with Crippen LogP contribution in [0.1, 0.15) is 27.5 Å². The van der Waals surface area contributed by atoms with E-state index in [1.54, 1.807) is 5.38 Å². The summed E-state index contributed by atoms with van der Waals surface area (Å²) in [6, 6.07) is 7.83. The van der Waals surface area contributed by atoms with Gasteiger partial charge in [0.2, 0.25) is 0 Å². The second-order valence-electron chi connectivity index (χ2n) is 4.20. The first kappa shape index (κ1) is 14.0. The monoisotopic (exact) mass is 294 g/mol. The molecule has 0 atom stereocenters. The van der Waals surface area contributed by atoms with Gasteiger partial charge in [0, 0.05) is 16.9 Å². The Morgan fingerprint density at radius 2 is 2.32 bits per heavy atom. The summed E-state index contributed by atoms with van der Waals surface area (Å²) in [4.78, 5) is 16.1. The van der Waals surface area contributed by atoms with Gasteiger partial charge in [-0.15, -0.1) is 22.9 Å². The number of benzene rings is 1. The lowest BCUT2D eigenvalue weighted by Gasteiger charge is -2.06. The van der Waals surface area contributed by atoms with Gasteiger partial charge in [0.05, 0.1) is 5.01 Å². The van der Waals surface area contributed by atoms with Crippen LogP contribution in [0.4, 0.5) is 5.69 Å². The quantitative estimate of drug-likeness (QED) is 0.851. The van der Waals surface area contributed by atoms with Crippen LogP contribution in [0.2, 0.25) is 0 Å². The molecule has 1 aromatic carbocycles. The van der Waals surface area contributed by atoms with E-state index in [0.717, 1.165) is 23.5 Å². The lowest BCUT2D eigenvalue weighted by molar-refractivity contribution is 0.102. The van der Waals surface area contributed by atoms with Crippen molar-refractivity contribution < 1.29 is 4.79 Å². The van der Waals surface area contributed by atoms with E-state index in [1.807, 2.05) is 31.2 Å². The minimum atomic E-state index is -0.168. The van der Waals surface area contributed by atoms with Gasteiger partial charge in [0.1, 0.15) is 5.69 Å². The Labute approximate surface area is 121 Å². The van der Waals surface area contributed by atoms with Crippen LogP contribution in [0.3, 0.4) is 0 Å². The van der Waals surface area contributed by atoms with Gasteiger partial charge in [-0.2, -0.15) is 0 Å². The summed E-state index contributed by atoms with van der Waals surface area (Å²) in [6.07, 6.45) is 1.85. The first-order chi connectivity index (χ1) is 9.19. The highest BCUT2D eigenvalue weighted by molar-refractivity contribution is 7.09. The zero-order valence-electron chi connectivity index (χ0n) is 10.6. The Hall–Kier alpha value is -1.39. The molecule has 0 saturated carbocycles. The molecule has 19 heavy (non-hydrogen) atoms. The number of hydrogen-bond acceptors (Lipinski definition) is 3. The summed E-state index contributed by atoms with van der Waals surface area (Å²) in [5.74, 6) is 0.480. The topological polar surface area (TPSA) is 42.0 Å². The first-order valence-corrected chi connectivity index (χ1v) is 7.49. The van der Waals surface area contributed by atoms with Gasteiger partial charge in [0.15, 0.2) is 0 Å². The molecular formula is C14H15ClN2OS. The van der Waals surface area contributed by atoms with Gasteiger partial charge in [0.25, 0.3) is 5.91 Å². The molecule has 0 spiro atoms. The van der Waals surface area contributed by atoms with Crippen LogP contribution in [-0.2, 0) is 6.42 Å². The van der Waals surface area contributed by atoms with Crippen molar-refractivity contribution >= 4 is 34.5 Å². The molecule has 0 aliphatic carbocycles. The molecule has 0 radical (unpaired) electrons. The fourth-order valence-electron chi connectivity index (χ4n) is 1.74. The highest BCUT2D eigenvalue weighted by atomic mass is 35.5. The maximum absolute atomic E-state index is 12.0. The van der Waals surface area contributed by atoms with Crippen LogP contribution >= 0.6 is 22.9 Å². The van der Waals surface area contributed by atoms with E-state index in [1.165, 1.54) is 16.9 Å². The number of nitrogens with one attached hydrogen (secondary N) is 1. The molecule has 2 rings (SSSR count). The molecule has 0 aliphatic heterocycles. The molecule has 2 aromatic rings. The van der Waals surface area contributed by atoms with Gasteiger partial charge in [-0.1, -0.05) is 12.1 Å². The van der Waals surface area contributed by atoms with Crippen molar-refractivity contribution in [2.75, 3.05) is 11.2 Å². The number of anilines is 1. The largest absolute Gasteiger partial charge is 0.321 e. The number of rotatable bonds is 5. The number of halogens is 1. The predicted molar refractivity (Wildman–Crippen MR) is 80.3 cm³/mol. The van der Waals surface area contributed by atoms with Crippen molar-refractivity contribution in [3.05, 3.63) is 45.9 Å². The van der Waals surface area contributed by atoms with Crippen molar-refractivity contribution in [3.63, 3.8) is 0 Å². The average molecular weight is 295 g/mol. The Bertz CT molecular complexity index is 568. The number of aryl methyl sites for hydroxylation is 2. The summed E-state index contributed by atoms with van der Waals surface area (Å²) in [7, 11) is 0. The van der Waals surface area contributed by atoms with Crippen LogP contribution in [0.15, 0.2) is 29.6 Å². The summed E-state index contributed by atoms with van der Waals surface area (Å²) in [5, 5.41) is 5.52. The van der Waals surface area contributed by atoms with Crippen LogP contribution in [0.25, 0.3) is 0 Å². The lowest BCUT2D eigenvalue weighted by atomic mass is 10.1. The van der Waals surface area contributed by atoms with Crippen molar-refractivity contribution in [1.29, 1.82) is 0 Å². The number of carbonyl (C=O) groups excluding carboxylic acids is 1. The molecule has 5 heteroatoms. The summed E-state index contributed by atoms with van der Waals surface area (Å²) in [5.41, 5.74) is 2.43. The van der Waals surface area contributed by atoms with E-state index in [9.17, 15) is 4.79 Å². The van der Waals surface area contributed by atoms with Gasteiger partial charge in [-0.3, -0.25) is 4.79 Å². The standard InChI is InChI=1S/C14H15ClN2OS/c1-10-16-13(9-19-10)14(18)17-12-6-2-4-11(8-12)5-3-7-15/h2,4,6,8-9H,3,5,7H2,1H3,(H,17,18).